The third kappa shape index (κ3) is 44.2. The van der Waals surface area contributed by atoms with Gasteiger partial charge in [-0.15, -0.1) is 0 Å². The SMILES string of the molecule is CN(C)CCOCCOCCOCCOCCOCCOCCOCCOCCOCCOCCOCCOCCCCCCI. The Morgan fingerprint density at radius 1 is 0.283 bits per heavy atom. The average Bonchev–Trinajstić information content (AvgIpc) is 3.05. The molecular formula is C32H66INO12. The molecule has 0 bridgehead atoms. The number of unbranched alkanes of at least 4 members (excludes halogenated alkanes) is 3. The lowest BCUT2D eigenvalue weighted by atomic mass is 10.2. The van der Waals surface area contributed by atoms with Crippen molar-refractivity contribution in [3.8, 4) is 0 Å². The van der Waals surface area contributed by atoms with E-state index in [1.165, 1.54) is 23.7 Å². The van der Waals surface area contributed by atoms with E-state index in [0.717, 1.165) is 26.2 Å². The first-order valence-corrected chi connectivity index (χ1v) is 18.4. The van der Waals surface area contributed by atoms with Crippen LogP contribution in [0.4, 0.5) is 0 Å². The van der Waals surface area contributed by atoms with Gasteiger partial charge < -0.3 is 61.7 Å². The molecule has 0 aliphatic rings. The molecule has 14 heteroatoms. The number of hydrogen-bond donors (Lipinski definition) is 0. The quantitative estimate of drug-likeness (QED) is 0.0515. The molecule has 0 saturated carbocycles. The van der Waals surface area contributed by atoms with Crippen LogP contribution in [0, 0.1) is 0 Å². The molecule has 278 valence electrons. The maximum atomic E-state index is 5.56. The number of hydrogen-bond acceptors (Lipinski definition) is 13. The molecule has 0 aliphatic carbocycles. The molecule has 46 heavy (non-hydrogen) atoms. The van der Waals surface area contributed by atoms with Crippen LogP contribution >= 0.6 is 22.6 Å². The number of halogens is 1. The van der Waals surface area contributed by atoms with E-state index in [1.54, 1.807) is 0 Å². The fourth-order valence-electron chi connectivity index (χ4n) is 3.42. The summed E-state index contributed by atoms with van der Waals surface area (Å²) in [5.74, 6) is 0. The Labute approximate surface area is 292 Å². The van der Waals surface area contributed by atoms with Crippen LogP contribution in [0.25, 0.3) is 0 Å². The molecule has 0 unspecified atom stereocenters. The van der Waals surface area contributed by atoms with Crippen molar-refractivity contribution in [2.75, 3.05) is 184 Å². The normalized spacial score (nSPS) is 11.7. The van der Waals surface area contributed by atoms with Crippen molar-refractivity contribution in [1.82, 2.24) is 4.90 Å². The summed E-state index contributed by atoms with van der Waals surface area (Å²) in [5.41, 5.74) is 0. The molecule has 0 aromatic rings. The molecule has 0 saturated heterocycles. The Kier molecular flexibility index (Phi) is 43.4. The smallest absolute Gasteiger partial charge is 0.0701 e. The highest BCUT2D eigenvalue weighted by molar-refractivity contribution is 14.1. The van der Waals surface area contributed by atoms with Crippen molar-refractivity contribution in [2.24, 2.45) is 0 Å². The summed E-state index contributed by atoms with van der Waals surface area (Å²) in [6, 6.07) is 0. The molecule has 0 aromatic carbocycles. The molecule has 0 amide bonds. The molecule has 0 aromatic heterocycles. The third-order valence-corrected chi connectivity index (χ3v) is 6.71. The number of alkyl halides is 1. The largest absolute Gasteiger partial charge is 0.379 e. The maximum Gasteiger partial charge on any atom is 0.0701 e. The molecule has 0 rings (SSSR count). The summed E-state index contributed by atoms with van der Waals surface area (Å²) in [7, 11) is 4.04. The summed E-state index contributed by atoms with van der Waals surface area (Å²) in [6.07, 6.45) is 4.98. The standard InChI is InChI=1S/C32H66INO12/c1-34(2)8-10-36-12-14-38-16-18-40-20-22-42-24-26-44-28-30-46-32-31-45-29-27-43-25-23-41-21-19-39-17-15-37-13-11-35-9-6-4-3-5-7-33/h3-32H2,1-2H3. The van der Waals surface area contributed by atoms with Gasteiger partial charge in [-0.2, -0.15) is 0 Å². The van der Waals surface area contributed by atoms with Crippen LogP contribution in [-0.4, -0.2) is 189 Å². The van der Waals surface area contributed by atoms with Crippen LogP contribution in [0.15, 0.2) is 0 Å². The van der Waals surface area contributed by atoms with E-state index < -0.39 is 0 Å². The Bertz CT molecular complexity index is 543. The topological polar surface area (TPSA) is 114 Å². The fraction of sp³-hybridized carbons (Fsp3) is 1.00. The van der Waals surface area contributed by atoms with E-state index in [0.29, 0.717) is 145 Å². The zero-order chi connectivity index (χ0) is 33.3. The maximum absolute atomic E-state index is 5.56. The van der Waals surface area contributed by atoms with Gasteiger partial charge in [-0.1, -0.05) is 35.4 Å². The summed E-state index contributed by atoms with van der Waals surface area (Å²) >= 11 is 2.42. The Hall–Kier alpha value is 0.210. The van der Waals surface area contributed by atoms with Crippen molar-refractivity contribution in [2.45, 2.75) is 25.7 Å². The van der Waals surface area contributed by atoms with E-state index in [2.05, 4.69) is 27.5 Å². The summed E-state index contributed by atoms with van der Waals surface area (Å²) in [4.78, 5) is 2.08. The molecular weight excluding hydrogens is 717 g/mol. The Morgan fingerprint density at radius 3 is 0.739 bits per heavy atom. The first-order chi connectivity index (χ1) is 22.8. The molecule has 0 aliphatic heterocycles. The van der Waals surface area contributed by atoms with Crippen LogP contribution < -0.4 is 0 Å². The molecule has 0 radical (unpaired) electrons. The second-order valence-corrected chi connectivity index (χ2v) is 11.3. The van der Waals surface area contributed by atoms with E-state index in [4.69, 9.17) is 56.8 Å². The van der Waals surface area contributed by atoms with E-state index in [9.17, 15) is 0 Å². The van der Waals surface area contributed by atoms with Gasteiger partial charge in [0.2, 0.25) is 0 Å². The first-order valence-electron chi connectivity index (χ1n) is 16.9. The highest BCUT2D eigenvalue weighted by Gasteiger charge is 1.97. The Morgan fingerprint density at radius 2 is 0.500 bits per heavy atom. The summed E-state index contributed by atoms with van der Waals surface area (Å²) in [6.45, 7) is 14.5. The predicted octanol–water partition coefficient (Wildman–Crippen LogP) is 2.74. The highest BCUT2D eigenvalue weighted by Crippen LogP contribution is 2.02. The second-order valence-electron chi connectivity index (χ2n) is 10.3. The summed E-state index contributed by atoms with van der Waals surface area (Å²) < 4.78 is 67.1. The van der Waals surface area contributed by atoms with Crippen molar-refractivity contribution >= 4 is 22.6 Å². The molecule has 0 atom stereocenters. The van der Waals surface area contributed by atoms with Gasteiger partial charge in [-0.25, -0.2) is 0 Å². The van der Waals surface area contributed by atoms with E-state index in [-0.39, 0.29) is 0 Å². The lowest BCUT2D eigenvalue weighted by Crippen LogP contribution is -2.19. The van der Waals surface area contributed by atoms with Gasteiger partial charge in [0.1, 0.15) is 0 Å². The lowest BCUT2D eigenvalue weighted by Gasteiger charge is -2.10. The van der Waals surface area contributed by atoms with Crippen LogP contribution in [0.5, 0.6) is 0 Å². The van der Waals surface area contributed by atoms with Gasteiger partial charge in [-0.3, -0.25) is 0 Å². The van der Waals surface area contributed by atoms with Gasteiger partial charge in [-0.05, 0) is 31.4 Å². The molecule has 13 nitrogen and oxygen atoms in total. The third-order valence-electron chi connectivity index (χ3n) is 5.95. The van der Waals surface area contributed by atoms with Crippen molar-refractivity contribution in [1.29, 1.82) is 0 Å². The Balaban J connectivity index is 3.04. The van der Waals surface area contributed by atoms with Gasteiger partial charge in [0.15, 0.2) is 0 Å². The number of nitrogens with zero attached hydrogens (tertiary/aromatic N) is 1. The second kappa shape index (κ2) is 43.2. The highest BCUT2D eigenvalue weighted by atomic mass is 127. The van der Waals surface area contributed by atoms with Gasteiger partial charge in [0, 0.05) is 13.2 Å². The van der Waals surface area contributed by atoms with Crippen LogP contribution in [0.2, 0.25) is 0 Å². The molecule has 0 spiro atoms. The zero-order valence-electron chi connectivity index (χ0n) is 28.9. The van der Waals surface area contributed by atoms with E-state index in [1.807, 2.05) is 14.1 Å². The number of likely N-dealkylation sites (N-methyl/N-ethyl adjacent to an activating group) is 1. The van der Waals surface area contributed by atoms with Crippen LogP contribution in [-0.2, 0) is 56.8 Å². The monoisotopic (exact) mass is 783 g/mol. The fourth-order valence-corrected chi connectivity index (χ4v) is 3.96. The molecule has 0 heterocycles. The minimum atomic E-state index is 0.519. The molecule has 0 fully saturated rings. The minimum absolute atomic E-state index is 0.519. The average molecular weight is 784 g/mol. The van der Waals surface area contributed by atoms with Crippen molar-refractivity contribution < 1.29 is 56.8 Å². The van der Waals surface area contributed by atoms with E-state index >= 15 is 0 Å². The first kappa shape index (κ1) is 46.2. The van der Waals surface area contributed by atoms with Crippen LogP contribution in [0.3, 0.4) is 0 Å². The van der Waals surface area contributed by atoms with Gasteiger partial charge >= 0.3 is 0 Å². The predicted molar refractivity (Wildman–Crippen MR) is 186 cm³/mol. The minimum Gasteiger partial charge on any atom is -0.379 e. The lowest BCUT2D eigenvalue weighted by molar-refractivity contribution is -0.0284. The van der Waals surface area contributed by atoms with Crippen LogP contribution in [0.1, 0.15) is 25.7 Å². The van der Waals surface area contributed by atoms with Gasteiger partial charge in [0.25, 0.3) is 0 Å². The van der Waals surface area contributed by atoms with Gasteiger partial charge in [0.05, 0.1) is 152 Å². The van der Waals surface area contributed by atoms with Crippen molar-refractivity contribution in [3.63, 3.8) is 0 Å². The zero-order valence-corrected chi connectivity index (χ0v) is 31.1. The summed E-state index contributed by atoms with van der Waals surface area (Å²) in [5, 5.41) is 0. The molecule has 0 N–H and O–H groups in total. The van der Waals surface area contributed by atoms with Crippen molar-refractivity contribution in [3.05, 3.63) is 0 Å². The number of rotatable bonds is 42. The number of ether oxygens (including phenoxy) is 12.